The number of hydrogen-bond donors (Lipinski definition) is 4. The molecule has 46 heavy (non-hydrogen) atoms. The molecular weight excluding hydrogens is 646 g/mol. The minimum atomic E-state index is -1.37. The van der Waals surface area contributed by atoms with Gasteiger partial charge in [0.25, 0.3) is 17.7 Å². The number of likely N-dealkylation sites (N-methyl/N-ethyl adjacent to an activating group) is 1. The number of nitrogens with one attached hydrogen (secondary N) is 2. The van der Waals surface area contributed by atoms with Crippen molar-refractivity contribution in [2.75, 3.05) is 38.5 Å². The minimum Gasteiger partial charge on any atom is -0.479 e. The van der Waals surface area contributed by atoms with E-state index in [-0.39, 0.29) is 34.9 Å². The van der Waals surface area contributed by atoms with Gasteiger partial charge in [-0.05, 0) is 24.6 Å². The highest BCUT2D eigenvalue weighted by Gasteiger charge is 2.54. The maximum Gasteiger partial charge on any atom is 0.415 e. The van der Waals surface area contributed by atoms with Gasteiger partial charge in [-0.25, -0.2) is 19.4 Å². The Balaban J connectivity index is 1.63. The van der Waals surface area contributed by atoms with Crippen LogP contribution in [0.25, 0.3) is 0 Å². The lowest BCUT2D eigenvalue weighted by Gasteiger charge is -2.49. The Morgan fingerprint density at radius 3 is 2.63 bits per heavy atom. The zero-order valence-electron chi connectivity index (χ0n) is 24.7. The number of carboxylic acids is 2. The highest BCUT2D eigenvalue weighted by atomic mass is 32.2. The predicted molar refractivity (Wildman–Crippen MR) is 167 cm³/mol. The molecule has 2 atom stereocenters. The Bertz CT molecular complexity index is 1580. The number of amides is 4. The smallest absolute Gasteiger partial charge is 0.415 e. The van der Waals surface area contributed by atoms with Gasteiger partial charge in [-0.15, -0.1) is 23.1 Å². The molecule has 1 aromatic rings. The van der Waals surface area contributed by atoms with Gasteiger partial charge in [0.1, 0.15) is 22.8 Å². The highest BCUT2D eigenvalue weighted by Crippen LogP contribution is 2.40. The number of nitrogens with zero attached hydrogens (tertiary/aromatic N) is 5. The molecule has 3 rings (SSSR count). The first-order chi connectivity index (χ1) is 21.9. The van der Waals surface area contributed by atoms with Crippen LogP contribution in [0.3, 0.4) is 0 Å². The number of aliphatic carboxylic acids is 2. The first kappa shape index (κ1) is 35.2. The lowest BCUT2D eigenvalue weighted by atomic mass is 10.0. The summed E-state index contributed by atoms with van der Waals surface area (Å²) in [7, 11) is 3.25. The standard InChI is InChI=1S/C27H29N7O10S2/c1-5-14(22(38)33(3)4)8-7-9-28-13-43-27(42)31-26-29-16(12-46-26)18(32-44-10-17(35)36)21(37)30-19-23(39)34-20(25(40)41)15(6-2)11-45-24(19)34/h5-9,12,19,24H,2,10-11,13H2,1,3-4H3,(H,30,37)(H,35,36)(H,40,41)(H,29,31,42)/b8-7-,14-5+,28-9+,32-18+/t19-,24-/m1/s1. The molecule has 1 saturated heterocycles. The first-order valence-corrected chi connectivity index (χ1v) is 15.0. The molecule has 0 aliphatic carbocycles. The number of carbonyl (C=O) groups is 6. The van der Waals surface area contributed by atoms with Crippen molar-refractivity contribution in [1.82, 2.24) is 20.1 Å². The molecule has 2 aliphatic rings. The Kier molecular flexibility index (Phi) is 12.3. The van der Waals surface area contributed by atoms with Gasteiger partial charge in [-0.2, -0.15) is 0 Å². The van der Waals surface area contributed by atoms with E-state index < -0.39 is 53.6 Å². The zero-order valence-corrected chi connectivity index (χ0v) is 26.3. The average molecular weight is 676 g/mol. The third-order valence-corrected chi connectivity index (χ3v) is 8.01. The second-order valence-electron chi connectivity index (χ2n) is 9.21. The van der Waals surface area contributed by atoms with E-state index in [1.165, 1.54) is 40.4 Å². The average Bonchev–Trinajstić information content (AvgIpc) is 3.47. The normalized spacial score (nSPS) is 18.2. The number of rotatable bonds is 14. The molecule has 4 N–H and O–H groups in total. The fourth-order valence-electron chi connectivity index (χ4n) is 3.82. The van der Waals surface area contributed by atoms with Gasteiger partial charge in [-0.3, -0.25) is 29.6 Å². The largest absolute Gasteiger partial charge is 0.479 e. The van der Waals surface area contributed by atoms with Crippen molar-refractivity contribution < 1.29 is 48.6 Å². The number of allylic oxidation sites excluding steroid dienone is 3. The number of thioether (sulfide) groups is 1. The van der Waals surface area contributed by atoms with Crippen LogP contribution in [0, 0.1) is 0 Å². The maximum absolute atomic E-state index is 13.2. The molecular formula is C27H29N7O10S2. The number of ether oxygens (including phenoxy) is 1. The highest BCUT2D eigenvalue weighted by molar-refractivity contribution is 8.00. The van der Waals surface area contributed by atoms with Gasteiger partial charge >= 0.3 is 18.0 Å². The third kappa shape index (κ3) is 8.66. The fourth-order valence-corrected chi connectivity index (χ4v) is 5.85. The Labute approximate surface area is 270 Å². The molecule has 0 saturated carbocycles. The van der Waals surface area contributed by atoms with Crippen molar-refractivity contribution >= 4 is 75.9 Å². The number of fused-ring (bicyclic) bond motifs is 1. The van der Waals surface area contributed by atoms with Gasteiger partial charge in [0.2, 0.25) is 6.61 Å². The van der Waals surface area contributed by atoms with E-state index in [1.807, 2.05) is 0 Å². The number of carbonyl (C=O) groups excluding carboxylic acids is 4. The minimum absolute atomic E-state index is 0.0237. The van der Waals surface area contributed by atoms with Crippen molar-refractivity contribution in [2.45, 2.75) is 18.3 Å². The molecule has 19 heteroatoms. The molecule has 17 nitrogen and oxygen atoms in total. The fraction of sp³-hybridized carbons (Fsp3) is 0.296. The number of anilines is 1. The van der Waals surface area contributed by atoms with Crippen LogP contribution in [0.5, 0.6) is 0 Å². The Morgan fingerprint density at radius 2 is 2.00 bits per heavy atom. The number of thiazole rings is 1. The van der Waals surface area contributed by atoms with E-state index in [1.54, 1.807) is 33.2 Å². The molecule has 0 aromatic carbocycles. The van der Waals surface area contributed by atoms with Gasteiger partial charge in [0.15, 0.2) is 17.6 Å². The van der Waals surface area contributed by atoms with Gasteiger partial charge in [0, 0.05) is 37.0 Å². The number of aliphatic imine (C=N–C) groups is 1. The van der Waals surface area contributed by atoms with Crippen LogP contribution >= 0.6 is 23.1 Å². The van der Waals surface area contributed by atoms with Crippen molar-refractivity contribution in [3.05, 3.63) is 58.8 Å². The molecule has 2 aliphatic heterocycles. The lowest BCUT2D eigenvalue weighted by molar-refractivity contribution is -0.150. The van der Waals surface area contributed by atoms with E-state index in [9.17, 15) is 33.9 Å². The summed E-state index contributed by atoms with van der Waals surface area (Å²) in [6, 6.07) is -1.12. The summed E-state index contributed by atoms with van der Waals surface area (Å²) in [6.07, 6.45) is 6.45. The van der Waals surface area contributed by atoms with Gasteiger partial charge in [-0.1, -0.05) is 23.9 Å². The number of aromatic nitrogens is 1. The van der Waals surface area contributed by atoms with Crippen molar-refractivity contribution in [3.8, 4) is 0 Å². The summed E-state index contributed by atoms with van der Waals surface area (Å²) in [5.41, 5.74) is -0.0521. The maximum atomic E-state index is 13.2. The summed E-state index contributed by atoms with van der Waals surface area (Å²) in [5.74, 6) is -4.28. The summed E-state index contributed by atoms with van der Waals surface area (Å²) >= 11 is 2.10. The summed E-state index contributed by atoms with van der Waals surface area (Å²) in [4.78, 5) is 88.1. The molecule has 0 bridgehead atoms. The zero-order chi connectivity index (χ0) is 34.0. The molecule has 0 unspecified atom stereocenters. The predicted octanol–water partition coefficient (Wildman–Crippen LogP) is 1.04. The molecule has 244 valence electrons. The third-order valence-electron chi connectivity index (χ3n) is 5.95. The van der Waals surface area contributed by atoms with Crippen LogP contribution in [-0.2, 0) is 33.5 Å². The topological polar surface area (TPSA) is 229 Å². The summed E-state index contributed by atoms with van der Waals surface area (Å²) in [5, 5.41) is 27.4. The van der Waals surface area contributed by atoms with Gasteiger partial charge < -0.3 is 30.0 Å². The number of β-lactam (4-membered cyclic amide) rings is 1. The molecule has 1 aromatic heterocycles. The quantitative estimate of drug-likeness (QED) is 0.0713. The Hall–Kier alpha value is -5.30. The lowest BCUT2D eigenvalue weighted by Crippen LogP contribution is -2.71. The SMILES string of the molecule is C=CC1=C(C(=O)O)N2C(=O)[C@@H](NC(=O)/C(=N/OCC(=O)O)c3csc(NC(=O)OC/N=C/C=C\C(=C/C)C(=O)N(C)C)n3)[C@H]2SC1. The van der Waals surface area contributed by atoms with Crippen LogP contribution in [0.1, 0.15) is 12.6 Å². The molecule has 3 heterocycles. The van der Waals surface area contributed by atoms with Crippen LogP contribution in [-0.4, -0.2) is 117 Å². The summed E-state index contributed by atoms with van der Waals surface area (Å²) < 4.78 is 4.95. The van der Waals surface area contributed by atoms with Crippen LogP contribution in [0.2, 0.25) is 0 Å². The second kappa shape index (κ2) is 16.1. The molecule has 0 spiro atoms. The van der Waals surface area contributed by atoms with Crippen molar-refractivity contribution in [1.29, 1.82) is 0 Å². The van der Waals surface area contributed by atoms with Crippen LogP contribution < -0.4 is 10.6 Å². The molecule has 4 amide bonds. The summed E-state index contributed by atoms with van der Waals surface area (Å²) in [6.45, 7) is 4.04. The van der Waals surface area contributed by atoms with Crippen molar-refractivity contribution in [2.24, 2.45) is 10.1 Å². The van der Waals surface area contributed by atoms with Gasteiger partial charge in [0.05, 0.1) is 0 Å². The van der Waals surface area contributed by atoms with E-state index in [4.69, 9.17) is 14.7 Å². The van der Waals surface area contributed by atoms with E-state index in [0.717, 1.165) is 16.2 Å². The Morgan fingerprint density at radius 1 is 1.26 bits per heavy atom. The van der Waals surface area contributed by atoms with Crippen LogP contribution in [0.4, 0.5) is 9.93 Å². The molecule has 1 fully saturated rings. The number of oxime groups is 1. The van der Waals surface area contributed by atoms with E-state index in [0.29, 0.717) is 11.1 Å². The first-order valence-electron chi connectivity index (χ1n) is 13.1. The molecule has 0 radical (unpaired) electrons. The number of hydrogen-bond acceptors (Lipinski definition) is 13. The monoisotopic (exact) mass is 675 g/mol. The van der Waals surface area contributed by atoms with Crippen molar-refractivity contribution in [3.63, 3.8) is 0 Å². The van der Waals surface area contributed by atoms with E-state index >= 15 is 0 Å². The second-order valence-corrected chi connectivity index (χ2v) is 11.2. The van der Waals surface area contributed by atoms with Crippen LogP contribution in [0.15, 0.2) is 63.3 Å². The van der Waals surface area contributed by atoms with E-state index in [2.05, 4.69) is 32.3 Å². The number of carboxylic acid groups (broad SMARTS) is 2.